The zero-order chi connectivity index (χ0) is 24.7. The highest BCUT2D eigenvalue weighted by Gasteiger charge is 2.80. The standard InChI is InChI=1S/C24H39N3O7/c1-5-16(14-28)27-19(20(29)25-7-8-26-9-11-32-12-10-26)24-13-15(3)23(4,34-24)18(17(24)21(27)30)22(31)33-6-2/h15-19,28H,5-14H2,1-4H3,(H,25,29)/t15?,16-,17-,18-,19?,23+,24?/m0/s1. The number of nitrogens with zero attached hydrogens (tertiary/aromatic N) is 2. The van der Waals surface area contributed by atoms with Crippen molar-refractivity contribution in [3.05, 3.63) is 0 Å². The molecule has 1 spiro atoms. The number of aliphatic hydroxyl groups is 1. The highest BCUT2D eigenvalue weighted by molar-refractivity contribution is 5.98. The maximum atomic E-state index is 13.9. The van der Waals surface area contributed by atoms with Crippen LogP contribution >= 0.6 is 0 Å². The first-order valence-electron chi connectivity index (χ1n) is 12.6. The molecule has 4 aliphatic rings. The molecule has 0 aliphatic carbocycles. The molecule has 2 bridgehead atoms. The third-order valence-electron chi connectivity index (χ3n) is 8.45. The summed E-state index contributed by atoms with van der Waals surface area (Å²) in [4.78, 5) is 44.3. The fourth-order valence-electron chi connectivity index (χ4n) is 6.63. The Bertz CT molecular complexity index is 799. The van der Waals surface area contributed by atoms with Gasteiger partial charge < -0.3 is 29.5 Å². The monoisotopic (exact) mass is 481 g/mol. The smallest absolute Gasteiger partial charge is 0.312 e. The van der Waals surface area contributed by atoms with Crippen molar-refractivity contribution in [2.75, 3.05) is 52.6 Å². The van der Waals surface area contributed by atoms with E-state index in [1.807, 2.05) is 20.8 Å². The van der Waals surface area contributed by atoms with Gasteiger partial charge in [0.25, 0.3) is 0 Å². The zero-order valence-electron chi connectivity index (χ0n) is 20.7. The maximum absolute atomic E-state index is 13.9. The summed E-state index contributed by atoms with van der Waals surface area (Å²) in [5.74, 6) is -2.68. The molecule has 2 N–H and O–H groups in total. The minimum absolute atomic E-state index is 0.0382. The number of fused-ring (bicyclic) bond motifs is 1. The minimum Gasteiger partial charge on any atom is -0.466 e. The number of carbonyl (C=O) groups is 3. The van der Waals surface area contributed by atoms with Gasteiger partial charge in [0.15, 0.2) is 0 Å². The van der Waals surface area contributed by atoms with Crippen molar-refractivity contribution in [3.8, 4) is 0 Å². The van der Waals surface area contributed by atoms with Crippen LogP contribution in [0, 0.1) is 17.8 Å². The molecule has 0 aromatic carbocycles. The molecule has 2 amide bonds. The molecule has 0 saturated carbocycles. The number of carbonyl (C=O) groups excluding carboxylic acids is 3. The molecule has 4 rings (SSSR count). The molecule has 4 fully saturated rings. The Labute approximate surface area is 201 Å². The number of rotatable bonds is 9. The highest BCUT2D eigenvalue weighted by Crippen LogP contribution is 2.65. The van der Waals surface area contributed by atoms with Crippen LogP contribution in [0.2, 0.25) is 0 Å². The van der Waals surface area contributed by atoms with Crippen LogP contribution in [0.4, 0.5) is 0 Å². The van der Waals surface area contributed by atoms with Crippen LogP contribution in [0.3, 0.4) is 0 Å². The number of hydrogen-bond donors (Lipinski definition) is 2. The fraction of sp³-hybridized carbons (Fsp3) is 0.875. The molecule has 10 nitrogen and oxygen atoms in total. The summed E-state index contributed by atoms with van der Waals surface area (Å²) in [6.07, 6.45) is 0.981. The third kappa shape index (κ3) is 3.83. The van der Waals surface area contributed by atoms with Crippen molar-refractivity contribution in [1.82, 2.24) is 15.1 Å². The first-order valence-corrected chi connectivity index (χ1v) is 12.6. The molecule has 4 aliphatic heterocycles. The lowest BCUT2D eigenvalue weighted by atomic mass is 9.62. The zero-order valence-corrected chi connectivity index (χ0v) is 20.7. The topological polar surface area (TPSA) is 118 Å². The lowest BCUT2D eigenvalue weighted by Crippen LogP contribution is -2.58. The van der Waals surface area contributed by atoms with Gasteiger partial charge in [-0.05, 0) is 32.6 Å². The van der Waals surface area contributed by atoms with Crippen molar-refractivity contribution in [1.29, 1.82) is 0 Å². The first kappa shape index (κ1) is 25.3. The summed E-state index contributed by atoms with van der Waals surface area (Å²) in [5, 5.41) is 13.1. The van der Waals surface area contributed by atoms with E-state index in [2.05, 4.69) is 10.2 Å². The Morgan fingerprint density at radius 2 is 2.00 bits per heavy atom. The molecular weight excluding hydrogens is 442 g/mol. The van der Waals surface area contributed by atoms with E-state index in [1.165, 1.54) is 4.90 Å². The number of esters is 1. The molecule has 0 aromatic heterocycles. The molecule has 192 valence electrons. The summed E-state index contributed by atoms with van der Waals surface area (Å²) in [6, 6.07) is -1.44. The van der Waals surface area contributed by atoms with Crippen LogP contribution in [0.5, 0.6) is 0 Å². The Morgan fingerprint density at radius 3 is 2.62 bits per heavy atom. The predicted octanol–water partition coefficient (Wildman–Crippen LogP) is -0.220. The summed E-state index contributed by atoms with van der Waals surface area (Å²) >= 11 is 0. The molecule has 7 atom stereocenters. The van der Waals surface area contributed by atoms with Crippen molar-refractivity contribution in [2.24, 2.45) is 17.8 Å². The normalized spacial score (nSPS) is 38.1. The Hall–Kier alpha value is -1.75. The number of amides is 2. The number of nitrogens with one attached hydrogen (secondary N) is 1. The van der Waals surface area contributed by atoms with Crippen LogP contribution in [0.15, 0.2) is 0 Å². The van der Waals surface area contributed by atoms with Gasteiger partial charge in [0.05, 0.1) is 44.0 Å². The van der Waals surface area contributed by atoms with Gasteiger partial charge in [-0.3, -0.25) is 19.3 Å². The lowest BCUT2D eigenvalue weighted by molar-refractivity contribution is -0.162. The SMILES string of the molecule is CCOC(=O)[C@@H]1[C@H]2C(=O)N([C@@H](CC)CO)C(C(=O)NCCN3CCOCC3)C23CC(C)[C@@]1(C)O3. The van der Waals surface area contributed by atoms with E-state index in [-0.39, 0.29) is 30.9 Å². The van der Waals surface area contributed by atoms with Crippen LogP contribution in [0.1, 0.15) is 40.5 Å². The Morgan fingerprint density at radius 1 is 1.29 bits per heavy atom. The molecule has 34 heavy (non-hydrogen) atoms. The number of aliphatic hydroxyl groups excluding tert-OH is 1. The number of ether oxygens (including phenoxy) is 3. The summed E-state index contributed by atoms with van der Waals surface area (Å²) in [6.45, 7) is 11.5. The highest BCUT2D eigenvalue weighted by atomic mass is 16.6. The van der Waals surface area contributed by atoms with Crippen LogP contribution in [-0.4, -0.2) is 109 Å². The van der Waals surface area contributed by atoms with Gasteiger partial charge in [-0.1, -0.05) is 13.8 Å². The van der Waals surface area contributed by atoms with Gasteiger partial charge in [-0.25, -0.2) is 0 Å². The van der Waals surface area contributed by atoms with Crippen molar-refractivity contribution in [3.63, 3.8) is 0 Å². The van der Waals surface area contributed by atoms with Crippen LogP contribution in [-0.2, 0) is 28.6 Å². The average Bonchev–Trinajstić information content (AvgIpc) is 3.33. The van der Waals surface area contributed by atoms with E-state index in [9.17, 15) is 19.5 Å². The van der Waals surface area contributed by atoms with Gasteiger partial charge in [0.2, 0.25) is 11.8 Å². The first-order chi connectivity index (χ1) is 16.2. The molecule has 3 unspecified atom stereocenters. The van der Waals surface area contributed by atoms with E-state index in [1.54, 1.807) is 6.92 Å². The molecular formula is C24H39N3O7. The maximum Gasteiger partial charge on any atom is 0.312 e. The quantitative estimate of drug-likeness (QED) is 0.434. The van der Waals surface area contributed by atoms with Gasteiger partial charge in [-0.2, -0.15) is 0 Å². The molecule has 0 aromatic rings. The van der Waals surface area contributed by atoms with E-state index < -0.39 is 41.1 Å². The fourth-order valence-corrected chi connectivity index (χ4v) is 6.63. The van der Waals surface area contributed by atoms with Crippen LogP contribution in [0.25, 0.3) is 0 Å². The molecule has 0 radical (unpaired) electrons. The predicted molar refractivity (Wildman–Crippen MR) is 122 cm³/mol. The van der Waals surface area contributed by atoms with Crippen LogP contribution < -0.4 is 5.32 Å². The lowest BCUT2D eigenvalue weighted by Gasteiger charge is -2.37. The van der Waals surface area contributed by atoms with Gasteiger partial charge >= 0.3 is 5.97 Å². The van der Waals surface area contributed by atoms with Crippen molar-refractivity contribution < 1.29 is 33.7 Å². The minimum atomic E-state index is -1.12. The number of morpholine rings is 1. The van der Waals surface area contributed by atoms with Gasteiger partial charge in [0, 0.05) is 26.2 Å². The summed E-state index contributed by atoms with van der Waals surface area (Å²) in [5.41, 5.74) is -2.00. The van der Waals surface area contributed by atoms with E-state index in [4.69, 9.17) is 14.2 Å². The number of hydrogen-bond acceptors (Lipinski definition) is 8. The summed E-state index contributed by atoms with van der Waals surface area (Å²) in [7, 11) is 0. The van der Waals surface area contributed by atoms with E-state index in [0.717, 1.165) is 13.1 Å². The average molecular weight is 482 g/mol. The Balaban J connectivity index is 1.63. The number of likely N-dealkylation sites (tertiary alicyclic amines) is 1. The van der Waals surface area contributed by atoms with Gasteiger partial charge in [-0.15, -0.1) is 0 Å². The van der Waals surface area contributed by atoms with E-state index >= 15 is 0 Å². The largest absolute Gasteiger partial charge is 0.466 e. The van der Waals surface area contributed by atoms with Crippen molar-refractivity contribution >= 4 is 17.8 Å². The van der Waals surface area contributed by atoms with E-state index in [0.29, 0.717) is 39.1 Å². The van der Waals surface area contributed by atoms with Crippen molar-refractivity contribution in [2.45, 2.75) is 63.8 Å². The molecule has 4 heterocycles. The second-order valence-corrected chi connectivity index (χ2v) is 10.2. The summed E-state index contributed by atoms with van der Waals surface area (Å²) < 4.78 is 17.3. The molecule has 10 heteroatoms. The second-order valence-electron chi connectivity index (χ2n) is 10.2. The molecule has 4 saturated heterocycles. The third-order valence-corrected chi connectivity index (χ3v) is 8.45. The Kier molecular flexibility index (Phi) is 7.24. The van der Waals surface area contributed by atoms with Gasteiger partial charge in [0.1, 0.15) is 17.6 Å². The second kappa shape index (κ2) is 9.72.